The number of nitrogens with two attached hydrogens (primary N) is 1. The standard InChI is InChI=1S/C13H19N/c1-9-7-10(2)11-5-3-4-6-13(14)12(11)8-9/h7-8,13H,3-6,14H2,1-2H3/t13-/m0/s1. The van der Waals surface area contributed by atoms with Crippen molar-refractivity contribution in [1.29, 1.82) is 0 Å². The first kappa shape index (κ1) is 9.72. The molecule has 0 saturated heterocycles. The number of rotatable bonds is 0. The summed E-state index contributed by atoms with van der Waals surface area (Å²) in [6.07, 6.45) is 4.93. The quantitative estimate of drug-likeness (QED) is 0.624. The summed E-state index contributed by atoms with van der Waals surface area (Å²) in [6.45, 7) is 4.37. The van der Waals surface area contributed by atoms with Gasteiger partial charge in [0.1, 0.15) is 0 Å². The molecule has 1 atom stereocenters. The van der Waals surface area contributed by atoms with E-state index in [4.69, 9.17) is 5.73 Å². The Labute approximate surface area is 86.3 Å². The highest BCUT2D eigenvalue weighted by molar-refractivity contribution is 5.40. The van der Waals surface area contributed by atoms with Gasteiger partial charge in [0.05, 0.1) is 0 Å². The van der Waals surface area contributed by atoms with E-state index >= 15 is 0 Å². The molecule has 0 aliphatic heterocycles. The summed E-state index contributed by atoms with van der Waals surface area (Å²) in [7, 11) is 0. The maximum absolute atomic E-state index is 6.18. The zero-order valence-electron chi connectivity index (χ0n) is 9.14. The summed E-state index contributed by atoms with van der Waals surface area (Å²) >= 11 is 0. The molecule has 1 aromatic rings. The average molecular weight is 189 g/mol. The Morgan fingerprint density at radius 3 is 2.79 bits per heavy atom. The molecule has 0 saturated carbocycles. The van der Waals surface area contributed by atoms with Crippen molar-refractivity contribution < 1.29 is 0 Å². The Bertz CT molecular complexity index is 341. The van der Waals surface area contributed by atoms with Crippen molar-refractivity contribution in [2.24, 2.45) is 5.73 Å². The van der Waals surface area contributed by atoms with E-state index in [2.05, 4.69) is 26.0 Å². The van der Waals surface area contributed by atoms with Crippen LogP contribution >= 0.6 is 0 Å². The van der Waals surface area contributed by atoms with E-state index in [0.29, 0.717) is 0 Å². The molecular weight excluding hydrogens is 170 g/mol. The van der Waals surface area contributed by atoms with Gasteiger partial charge in [0.25, 0.3) is 0 Å². The Kier molecular flexibility index (Phi) is 2.60. The topological polar surface area (TPSA) is 26.0 Å². The lowest BCUT2D eigenvalue weighted by atomic mass is 9.93. The third-order valence-electron chi connectivity index (χ3n) is 3.24. The summed E-state index contributed by atoms with van der Waals surface area (Å²) in [5.74, 6) is 0. The number of aryl methyl sites for hydroxylation is 2. The van der Waals surface area contributed by atoms with E-state index in [1.54, 1.807) is 0 Å². The second-order valence-corrected chi connectivity index (χ2v) is 4.50. The maximum atomic E-state index is 6.18. The minimum atomic E-state index is 0.270. The van der Waals surface area contributed by atoms with Crippen molar-refractivity contribution in [2.75, 3.05) is 0 Å². The molecular formula is C13H19N. The summed E-state index contributed by atoms with van der Waals surface area (Å²) in [5, 5.41) is 0. The summed E-state index contributed by atoms with van der Waals surface area (Å²) in [6, 6.07) is 4.82. The van der Waals surface area contributed by atoms with Gasteiger partial charge in [-0.1, -0.05) is 24.1 Å². The van der Waals surface area contributed by atoms with Crippen LogP contribution in [0.2, 0.25) is 0 Å². The molecule has 1 aliphatic rings. The minimum Gasteiger partial charge on any atom is -0.324 e. The Hall–Kier alpha value is -0.820. The summed E-state index contributed by atoms with van der Waals surface area (Å²) in [4.78, 5) is 0. The highest BCUT2D eigenvalue weighted by Crippen LogP contribution is 2.29. The normalized spacial score (nSPS) is 21.5. The lowest BCUT2D eigenvalue weighted by Gasteiger charge is -2.15. The van der Waals surface area contributed by atoms with Gasteiger partial charge in [0.15, 0.2) is 0 Å². The summed E-state index contributed by atoms with van der Waals surface area (Å²) in [5.41, 5.74) is 11.9. The third-order valence-corrected chi connectivity index (χ3v) is 3.24. The van der Waals surface area contributed by atoms with Crippen LogP contribution in [0.4, 0.5) is 0 Å². The van der Waals surface area contributed by atoms with Crippen molar-refractivity contribution in [3.8, 4) is 0 Å². The van der Waals surface area contributed by atoms with Crippen LogP contribution in [0.3, 0.4) is 0 Å². The number of hydrogen-bond donors (Lipinski definition) is 1. The highest BCUT2D eigenvalue weighted by Gasteiger charge is 2.16. The number of hydrogen-bond acceptors (Lipinski definition) is 1. The molecule has 2 rings (SSSR count). The van der Waals surface area contributed by atoms with Gasteiger partial charge in [-0.2, -0.15) is 0 Å². The highest BCUT2D eigenvalue weighted by atomic mass is 14.6. The van der Waals surface area contributed by atoms with Crippen LogP contribution in [0.25, 0.3) is 0 Å². The fraction of sp³-hybridized carbons (Fsp3) is 0.538. The largest absolute Gasteiger partial charge is 0.324 e. The maximum Gasteiger partial charge on any atom is 0.0297 e. The first-order valence-corrected chi connectivity index (χ1v) is 5.54. The van der Waals surface area contributed by atoms with Gasteiger partial charge in [-0.3, -0.25) is 0 Å². The van der Waals surface area contributed by atoms with Crippen LogP contribution in [-0.4, -0.2) is 0 Å². The number of benzene rings is 1. The molecule has 1 heteroatoms. The smallest absolute Gasteiger partial charge is 0.0297 e. The molecule has 76 valence electrons. The van der Waals surface area contributed by atoms with Crippen LogP contribution < -0.4 is 5.73 Å². The van der Waals surface area contributed by atoms with Gasteiger partial charge in [0, 0.05) is 6.04 Å². The first-order valence-electron chi connectivity index (χ1n) is 5.54. The molecule has 0 aromatic heterocycles. The van der Waals surface area contributed by atoms with E-state index in [9.17, 15) is 0 Å². The van der Waals surface area contributed by atoms with Crippen molar-refractivity contribution in [3.05, 3.63) is 34.4 Å². The molecule has 0 fully saturated rings. The molecule has 0 heterocycles. The first-order chi connectivity index (χ1) is 6.68. The molecule has 0 bridgehead atoms. The molecule has 2 N–H and O–H groups in total. The van der Waals surface area contributed by atoms with E-state index in [-0.39, 0.29) is 6.04 Å². The van der Waals surface area contributed by atoms with Crippen molar-refractivity contribution in [2.45, 2.75) is 45.6 Å². The second-order valence-electron chi connectivity index (χ2n) is 4.50. The minimum absolute atomic E-state index is 0.270. The lowest BCUT2D eigenvalue weighted by molar-refractivity contribution is 0.615. The molecule has 1 aliphatic carbocycles. The van der Waals surface area contributed by atoms with E-state index in [1.165, 1.54) is 41.5 Å². The van der Waals surface area contributed by atoms with Crippen molar-refractivity contribution in [3.63, 3.8) is 0 Å². The van der Waals surface area contributed by atoms with Gasteiger partial charge in [-0.25, -0.2) is 0 Å². The Balaban J connectivity index is 2.53. The fourth-order valence-electron chi connectivity index (χ4n) is 2.52. The second kappa shape index (κ2) is 3.74. The molecule has 0 amide bonds. The Morgan fingerprint density at radius 2 is 2.00 bits per heavy atom. The van der Waals surface area contributed by atoms with Crippen LogP contribution in [-0.2, 0) is 6.42 Å². The van der Waals surface area contributed by atoms with E-state index < -0.39 is 0 Å². The van der Waals surface area contributed by atoms with Gasteiger partial charge in [-0.15, -0.1) is 0 Å². The Morgan fingerprint density at radius 1 is 1.21 bits per heavy atom. The van der Waals surface area contributed by atoms with Crippen LogP contribution in [0.5, 0.6) is 0 Å². The van der Waals surface area contributed by atoms with Crippen molar-refractivity contribution >= 4 is 0 Å². The van der Waals surface area contributed by atoms with Gasteiger partial charge < -0.3 is 5.73 Å². The van der Waals surface area contributed by atoms with Gasteiger partial charge in [-0.05, 0) is 49.8 Å². The van der Waals surface area contributed by atoms with Crippen LogP contribution in [0, 0.1) is 13.8 Å². The third kappa shape index (κ3) is 1.69. The number of fused-ring (bicyclic) bond motifs is 1. The summed E-state index contributed by atoms with van der Waals surface area (Å²) < 4.78 is 0. The molecule has 0 spiro atoms. The fourth-order valence-corrected chi connectivity index (χ4v) is 2.52. The predicted octanol–water partition coefficient (Wildman–Crippen LogP) is 3.03. The van der Waals surface area contributed by atoms with Crippen molar-refractivity contribution in [1.82, 2.24) is 0 Å². The molecule has 0 unspecified atom stereocenters. The van der Waals surface area contributed by atoms with Gasteiger partial charge in [0.2, 0.25) is 0 Å². The monoisotopic (exact) mass is 189 g/mol. The zero-order valence-corrected chi connectivity index (χ0v) is 9.14. The van der Waals surface area contributed by atoms with Crippen LogP contribution in [0.1, 0.15) is 47.6 Å². The SMILES string of the molecule is Cc1cc(C)c2c(c1)[C@@H](N)CCCC2. The van der Waals surface area contributed by atoms with E-state index in [0.717, 1.165) is 6.42 Å². The lowest BCUT2D eigenvalue weighted by Crippen LogP contribution is -2.11. The van der Waals surface area contributed by atoms with E-state index in [1.807, 2.05) is 0 Å². The molecule has 0 radical (unpaired) electrons. The predicted molar refractivity (Wildman–Crippen MR) is 60.4 cm³/mol. The molecule has 1 aromatic carbocycles. The molecule has 1 nitrogen and oxygen atoms in total. The average Bonchev–Trinajstić information content (AvgIpc) is 2.29. The zero-order chi connectivity index (χ0) is 10.1. The van der Waals surface area contributed by atoms with Crippen LogP contribution in [0.15, 0.2) is 12.1 Å². The molecule has 14 heavy (non-hydrogen) atoms. The van der Waals surface area contributed by atoms with Gasteiger partial charge >= 0.3 is 0 Å².